The summed E-state index contributed by atoms with van der Waals surface area (Å²) >= 11 is 0. The highest BCUT2D eigenvalue weighted by molar-refractivity contribution is 5.98. The Morgan fingerprint density at radius 3 is 2.02 bits per heavy atom. The number of aromatic hydroxyl groups is 1. The molecule has 8 nitrogen and oxygen atoms in total. The van der Waals surface area contributed by atoms with Crippen molar-refractivity contribution in [3.8, 4) is 5.75 Å². The predicted octanol–water partition coefficient (Wildman–Crippen LogP) is 6.05. The van der Waals surface area contributed by atoms with Crippen molar-refractivity contribution in [3.63, 3.8) is 0 Å². The first-order valence-electron chi connectivity index (χ1n) is 14.3. The molecular weight excluding hydrogens is 518 g/mol. The van der Waals surface area contributed by atoms with Crippen molar-refractivity contribution in [1.29, 1.82) is 0 Å². The van der Waals surface area contributed by atoms with Crippen LogP contribution < -0.4 is 10.2 Å². The van der Waals surface area contributed by atoms with Crippen LogP contribution in [0.1, 0.15) is 80.4 Å². The van der Waals surface area contributed by atoms with Crippen LogP contribution in [0.25, 0.3) is 0 Å². The molecule has 0 aliphatic carbocycles. The molecule has 2 unspecified atom stereocenters. The van der Waals surface area contributed by atoms with E-state index in [1.807, 2.05) is 59.7 Å². The number of phenolic OH excluding ortho intramolecular Hbond substituents is 1. The number of benzene rings is 2. The van der Waals surface area contributed by atoms with Gasteiger partial charge in [-0.1, -0.05) is 65.0 Å². The van der Waals surface area contributed by atoms with E-state index in [-0.39, 0.29) is 34.9 Å². The average Bonchev–Trinajstić information content (AvgIpc) is 2.83. The van der Waals surface area contributed by atoms with Crippen molar-refractivity contribution in [3.05, 3.63) is 59.7 Å². The van der Waals surface area contributed by atoms with Crippen LogP contribution in [-0.4, -0.2) is 58.7 Å². The zero-order valence-corrected chi connectivity index (χ0v) is 26.6. The molecule has 226 valence electrons. The first kappa shape index (κ1) is 33.7. The molecule has 0 fully saturated rings. The molecule has 0 aliphatic heterocycles. The largest absolute Gasteiger partial charge is 0.508 e. The van der Waals surface area contributed by atoms with Gasteiger partial charge in [0.1, 0.15) is 23.4 Å². The normalized spacial score (nSPS) is 14.1. The molecule has 0 heterocycles. The highest BCUT2D eigenvalue weighted by Gasteiger charge is 2.37. The number of carbonyl (C=O) groups excluding carboxylic acids is 3. The number of likely N-dealkylation sites (N-methyl/N-ethyl adjacent to an activating group) is 1. The molecule has 0 bridgehead atoms. The van der Waals surface area contributed by atoms with Crippen molar-refractivity contribution < 1.29 is 24.2 Å². The van der Waals surface area contributed by atoms with Gasteiger partial charge in [-0.25, -0.2) is 4.79 Å². The summed E-state index contributed by atoms with van der Waals surface area (Å²) < 4.78 is 5.63. The maximum Gasteiger partial charge on any atom is 0.415 e. The third kappa shape index (κ3) is 9.23. The summed E-state index contributed by atoms with van der Waals surface area (Å²) in [7, 11) is 1.60. The summed E-state index contributed by atoms with van der Waals surface area (Å²) in [5.41, 5.74) is 1.40. The Hall–Kier alpha value is -3.55. The van der Waals surface area contributed by atoms with Gasteiger partial charge in [-0.15, -0.1) is 0 Å². The van der Waals surface area contributed by atoms with E-state index in [1.165, 1.54) is 9.80 Å². The molecule has 0 saturated heterocycles. The van der Waals surface area contributed by atoms with E-state index in [2.05, 4.69) is 5.32 Å². The van der Waals surface area contributed by atoms with Crippen LogP contribution in [0.5, 0.6) is 5.75 Å². The Morgan fingerprint density at radius 1 is 0.927 bits per heavy atom. The third-order valence-corrected chi connectivity index (χ3v) is 6.83. The summed E-state index contributed by atoms with van der Waals surface area (Å²) in [5, 5.41) is 13.4. The molecule has 3 atom stereocenters. The maximum atomic E-state index is 13.8. The molecule has 2 rings (SSSR count). The highest BCUT2D eigenvalue weighted by Crippen LogP contribution is 2.31. The maximum absolute atomic E-state index is 13.8. The fourth-order valence-corrected chi connectivity index (χ4v) is 4.90. The topological polar surface area (TPSA) is 99.2 Å². The van der Waals surface area contributed by atoms with Gasteiger partial charge < -0.3 is 20.1 Å². The van der Waals surface area contributed by atoms with Crippen LogP contribution in [0.2, 0.25) is 0 Å². The number of anilines is 1. The van der Waals surface area contributed by atoms with Crippen LogP contribution in [0.15, 0.2) is 48.5 Å². The number of phenols is 1. The van der Waals surface area contributed by atoms with Gasteiger partial charge in [-0.3, -0.25) is 14.5 Å². The number of amides is 3. The Kier molecular flexibility index (Phi) is 11.0. The Morgan fingerprint density at radius 2 is 1.51 bits per heavy atom. The van der Waals surface area contributed by atoms with Crippen LogP contribution in [0.3, 0.4) is 0 Å². The number of hydrogen-bond donors (Lipinski definition) is 2. The number of nitrogens with one attached hydrogen (secondary N) is 1. The van der Waals surface area contributed by atoms with Gasteiger partial charge in [0.25, 0.3) is 0 Å². The van der Waals surface area contributed by atoms with Crippen molar-refractivity contribution in [2.24, 2.45) is 5.92 Å². The molecule has 0 spiro atoms. The first-order valence-corrected chi connectivity index (χ1v) is 14.3. The molecule has 0 aromatic heterocycles. The lowest BCUT2D eigenvalue weighted by Gasteiger charge is -2.36. The van der Waals surface area contributed by atoms with Gasteiger partial charge in [0.2, 0.25) is 11.8 Å². The van der Waals surface area contributed by atoms with E-state index in [4.69, 9.17) is 4.74 Å². The lowest BCUT2D eigenvalue weighted by molar-refractivity contribution is -0.141. The second kappa shape index (κ2) is 13.4. The molecule has 0 aliphatic rings. The molecule has 41 heavy (non-hydrogen) atoms. The van der Waals surface area contributed by atoms with E-state index in [9.17, 15) is 19.5 Å². The minimum absolute atomic E-state index is 0.184. The van der Waals surface area contributed by atoms with Crippen molar-refractivity contribution in [2.75, 3.05) is 11.9 Å². The number of nitrogens with zero attached hydrogens (tertiary/aromatic N) is 2. The summed E-state index contributed by atoms with van der Waals surface area (Å²) in [6.45, 7) is 18.8. The first-order chi connectivity index (χ1) is 18.8. The standard InChI is InChI=1S/C33H49N3O5/c1-21(2)28(29(38)34-22(3)19-24-17-18-27(37)26(20-24)32(5,6)7)35(11)30(39)23(4)36(25-15-13-12-14-16-25)31(40)41-33(8,9)10/h12-18,20-23,28,37H,19H2,1-11H3,(H,34,38)/t22?,23-,28?/m0/s1. The van der Waals surface area contributed by atoms with E-state index in [0.717, 1.165) is 11.1 Å². The summed E-state index contributed by atoms with van der Waals surface area (Å²) in [6, 6.07) is 12.5. The minimum Gasteiger partial charge on any atom is -0.508 e. The van der Waals surface area contributed by atoms with Gasteiger partial charge >= 0.3 is 6.09 Å². The van der Waals surface area contributed by atoms with Gasteiger partial charge in [-0.05, 0) is 81.7 Å². The van der Waals surface area contributed by atoms with E-state index < -0.39 is 23.8 Å². The number of carbonyl (C=O) groups is 3. The lowest BCUT2D eigenvalue weighted by Crippen LogP contribution is -2.57. The van der Waals surface area contributed by atoms with Crippen molar-refractivity contribution >= 4 is 23.6 Å². The quantitative estimate of drug-likeness (QED) is 0.384. The van der Waals surface area contributed by atoms with Crippen LogP contribution in [0.4, 0.5) is 10.5 Å². The molecule has 2 N–H and O–H groups in total. The van der Waals surface area contributed by atoms with Crippen molar-refractivity contribution in [2.45, 2.75) is 105 Å². The molecule has 2 aromatic rings. The molecule has 3 amide bonds. The van der Waals surface area contributed by atoms with E-state index in [0.29, 0.717) is 12.1 Å². The number of para-hydroxylation sites is 1. The fourth-order valence-electron chi connectivity index (χ4n) is 4.90. The Bertz CT molecular complexity index is 1200. The van der Waals surface area contributed by atoms with E-state index >= 15 is 0 Å². The van der Waals surface area contributed by atoms with E-state index in [1.54, 1.807) is 65.1 Å². The monoisotopic (exact) mass is 567 g/mol. The zero-order valence-electron chi connectivity index (χ0n) is 26.6. The zero-order chi connectivity index (χ0) is 31.3. The number of hydrogen-bond acceptors (Lipinski definition) is 5. The summed E-state index contributed by atoms with van der Waals surface area (Å²) in [5.74, 6) is -0.581. The second-order valence-corrected chi connectivity index (χ2v) is 13.2. The lowest BCUT2D eigenvalue weighted by atomic mass is 9.85. The molecular formula is C33H49N3O5. The molecule has 0 radical (unpaired) electrons. The summed E-state index contributed by atoms with van der Waals surface area (Å²) in [6.07, 6.45) is -0.0744. The van der Waals surface area contributed by atoms with Crippen molar-refractivity contribution in [1.82, 2.24) is 10.2 Å². The molecule has 2 aromatic carbocycles. The second-order valence-electron chi connectivity index (χ2n) is 13.2. The van der Waals surface area contributed by atoms with Gasteiger partial charge in [0.15, 0.2) is 0 Å². The van der Waals surface area contributed by atoms with Crippen LogP contribution >= 0.6 is 0 Å². The molecule has 0 saturated carbocycles. The summed E-state index contributed by atoms with van der Waals surface area (Å²) in [4.78, 5) is 43.3. The van der Waals surface area contributed by atoms with Gasteiger partial charge in [0, 0.05) is 18.8 Å². The van der Waals surface area contributed by atoms with Gasteiger partial charge in [-0.2, -0.15) is 0 Å². The fraction of sp³-hybridized carbons (Fsp3) is 0.545. The van der Waals surface area contributed by atoms with Gasteiger partial charge in [0.05, 0.1) is 0 Å². The Labute approximate surface area is 246 Å². The SMILES string of the molecule is CC(Cc1ccc(O)c(C(C)(C)C)c1)NC(=O)C(C(C)C)N(C)C(=O)[C@H](C)N(C(=O)OC(C)(C)C)c1ccccc1. The highest BCUT2D eigenvalue weighted by atomic mass is 16.6. The number of ether oxygens (including phenoxy) is 1. The smallest absolute Gasteiger partial charge is 0.415 e. The minimum atomic E-state index is -0.920. The van der Waals surface area contributed by atoms with Crippen LogP contribution in [0, 0.1) is 5.92 Å². The number of rotatable bonds is 9. The molecule has 8 heteroatoms. The Balaban J connectivity index is 2.24. The average molecular weight is 568 g/mol. The third-order valence-electron chi connectivity index (χ3n) is 6.83. The predicted molar refractivity (Wildman–Crippen MR) is 164 cm³/mol. The van der Waals surface area contributed by atoms with Crippen LogP contribution in [-0.2, 0) is 26.2 Å².